The van der Waals surface area contributed by atoms with E-state index in [-0.39, 0.29) is 11.6 Å². The fraction of sp³-hybridized carbons (Fsp3) is 0.303. The zero-order valence-corrected chi connectivity index (χ0v) is 44.6. The highest BCUT2D eigenvalue weighted by Crippen LogP contribution is 2.42. The molecule has 4 aromatic carbocycles. The van der Waals surface area contributed by atoms with Crippen LogP contribution in [0, 0.1) is 41.5 Å². The molecule has 0 fully saturated rings. The predicted molar refractivity (Wildman–Crippen MR) is 308 cm³/mol. The molecule has 3 aromatic heterocycles. The molecule has 8 nitrogen and oxygen atoms in total. The van der Waals surface area contributed by atoms with Crippen molar-refractivity contribution in [2.24, 2.45) is 0 Å². The number of aryl methyl sites for hydroxylation is 6. The van der Waals surface area contributed by atoms with E-state index in [1.807, 2.05) is 12.1 Å². The number of H-pyrrole nitrogens is 2. The van der Waals surface area contributed by atoms with Crippen LogP contribution in [0.2, 0.25) is 0 Å². The van der Waals surface area contributed by atoms with Gasteiger partial charge in [-0.05, 0) is 198 Å². The SMILES string of the molecule is CC(=O)CCCCCCOc1cccc(-c2c3nc(c(-c4c(C)cc(C)cc4C)c4nc(c(-c5cccc(OCCCCCCC(C)=O)c5)c5ccc([nH]5)c(-c5c(C)cc(C)cc5C)c5ccc2[nH]5)C=C4)C=C3)c1. The van der Waals surface area contributed by atoms with Crippen molar-refractivity contribution >= 4 is 57.9 Å². The van der Waals surface area contributed by atoms with Crippen LogP contribution in [0.5, 0.6) is 11.5 Å². The number of benzene rings is 4. The summed E-state index contributed by atoms with van der Waals surface area (Å²) in [6.45, 7) is 17.6. The number of carbonyl (C=O) groups is 2. The van der Waals surface area contributed by atoms with Gasteiger partial charge in [0, 0.05) is 57.2 Å². The normalized spacial score (nSPS) is 11.9. The van der Waals surface area contributed by atoms with Crippen molar-refractivity contribution in [3.8, 4) is 56.0 Å². The number of nitrogens with zero attached hydrogens (tertiary/aromatic N) is 2. The number of aromatic amines is 2. The zero-order chi connectivity index (χ0) is 51.9. The summed E-state index contributed by atoms with van der Waals surface area (Å²) in [7, 11) is 0. The highest BCUT2D eigenvalue weighted by molar-refractivity contribution is 6.01. The number of hydrogen-bond donors (Lipinski definition) is 2. The van der Waals surface area contributed by atoms with Crippen LogP contribution < -0.4 is 9.47 Å². The molecule has 378 valence electrons. The molecule has 2 aliphatic heterocycles. The van der Waals surface area contributed by atoms with E-state index in [9.17, 15) is 9.59 Å². The molecule has 8 heteroatoms. The van der Waals surface area contributed by atoms with Crippen molar-refractivity contribution in [1.29, 1.82) is 0 Å². The predicted octanol–water partition coefficient (Wildman–Crippen LogP) is 17.0. The minimum Gasteiger partial charge on any atom is -0.494 e. The van der Waals surface area contributed by atoms with Gasteiger partial charge in [-0.3, -0.25) is 0 Å². The Morgan fingerprint density at radius 1 is 0.405 bits per heavy atom. The van der Waals surface area contributed by atoms with E-state index in [0.29, 0.717) is 26.1 Å². The fourth-order valence-electron chi connectivity index (χ4n) is 11.0. The number of nitrogens with one attached hydrogen (secondary N) is 2. The zero-order valence-electron chi connectivity index (χ0n) is 44.6. The third-order valence-electron chi connectivity index (χ3n) is 14.2. The molecular formula is C66H70N4O4. The minimum absolute atomic E-state index is 0.248. The van der Waals surface area contributed by atoms with Gasteiger partial charge in [-0.15, -0.1) is 0 Å². The lowest BCUT2D eigenvalue weighted by Crippen LogP contribution is -1.98. The largest absolute Gasteiger partial charge is 0.494 e. The Bertz CT molecular complexity index is 3280. The summed E-state index contributed by atoms with van der Waals surface area (Å²) >= 11 is 0. The number of aromatic nitrogens is 4. The first-order chi connectivity index (χ1) is 35.8. The van der Waals surface area contributed by atoms with Crippen LogP contribution in [0.1, 0.15) is 134 Å². The number of carbonyl (C=O) groups excluding carboxylic acids is 2. The summed E-state index contributed by atoms with van der Waals surface area (Å²) < 4.78 is 12.8. The Morgan fingerprint density at radius 3 is 1.15 bits per heavy atom. The second-order valence-corrected chi connectivity index (χ2v) is 20.5. The molecule has 9 rings (SSSR count). The number of fused-ring (bicyclic) bond motifs is 8. The van der Waals surface area contributed by atoms with Gasteiger partial charge in [0.2, 0.25) is 0 Å². The maximum Gasteiger partial charge on any atom is 0.129 e. The number of ether oxygens (including phenoxy) is 2. The quantitative estimate of drug-likeness (QED) is 0.0736. The highest BCUT2D eigenvalue weighted by Gasteiger charge is 2.23. The van der Waals surface area contributed by atoms with Crippen LogP contribution in [0.4, 0.5) is 0 Å². The van der Waals surface area contributed by atoms with Crippen molar-refractivity contribution < 1.29 is 19.1 Å². The summed E-state index contributed by atoms with van der Waals surface area (Å²) in [4.78, 5) is 42.1. The molecule has 0 unspecified atom stereocenters. The summed E-state index contributed by atoms with van der Waals surface area (Å²) in [6.07, 6.45) is 17.6. The summed E-state index contributed by atoms with van der Waals surface area (Å²) in [5, 5.41) is 0. The topological polar surface area (TPSA) is 110 Å². The van der Waals surface area contributed by atoms with Gasteiger partial charge in [0.05, 0.1) is 36.0 Å². The second kappa shape index (κ2) is 23.1. The first-order valence-electron chi connectivity index (χ1n) is 26.6. The van der Waals surface area contributed by atoms with E-state index in [4.69, 9.17) is 19.4 Å². The van der Waals surface area contributed by atoms with Crippen LogP contribution >= 0.6 is 0 Å². The Labute approximate surface area is 437 Å². The van der Waals surface area contributed by atoms with E-state index in [0.717, 1.165) is 158 Å². The lowest BCUT2D eigenvalue weighted by atomic mass is 9.92. The molecule has 0 saturated carbocycles. The molecule has 0 spiro atoms. The van der Waals surface area contributed by atoms with Gasteiger partial charge in [-0.25, -0.2) is 9.97 Å². The Kier molecular flexibility index (Phi) is 16.0. The smallest absolute Gasteiger partial charge is 0.129 e. The fourth-order valence-corrected chi connectivity index (χ4v) is 11.0. The molecule has 2 N–H and O–H groups in total. The van der Waals surface area contributed by atoms with Gasteiger partial charge in [-0.2, -0.15) is 0 Å². The van der Waals surface area contributed by atoms with Crippen LogP contribution in [-0.2, 0) is 9.59 Å². The molecule has 7 aromatic rings. The molecular weight excluding hydrogens is 913 g/mol. The molecule has 8 bridgehead atoms. The number of unbranched alkanes of at least 4 members (excludes halogenated alkanes) is 6. The Morgan fingerprint density at radius 2 is 0.757 bits per heavy atom. The lowest BCUT2D eigenvalue weighted by Gasteiger charge is -2.14. The van der Waals surface area contributed by atoms with Crippen molar-refractivity contribution in [1.82, 2.24) is 19.9 Å². The molecule has 0 atom stereocenters. The second-order valence-electron chi connectivity index (χ2n) is 20.5. The van der Waals surface area contributed by atoms with Crippen LogP contribution in [-0.4, -0.2) is 44.7 Å². The number of rotatable bonds is 20. The molecule has 5 heterocycles. The first-order valence-corrected chi connectivity index (χ1v) is 26.6. The Balaban J connectivity index is 1.28. The van der Waals surface area contributed by atoms with Gasteiger partial charge in [0.25, 0.3) is 0 Å². The van der Waals surface area contributed by atoms with Crippen molar-refractivity contribution in [3.63, 3.8) is 0 Å². The van der Waals surface area contributed by atoms with Gasteiger partial charge >= 0.3 is 0 Å². The van der Waals surface area contributed by atoms with Crippen LogP contribution in [0.25, 0.3) is 90.9 Å². The average molecular weight is 983 g/mol. The van der Waals surface area contributed by atoms with Gasteiger partial charge in [-0.1, -0.05) is 85.3 Å². The summed E-state index contributed by atoms with van der Waals surface area (Å²) in [5.41, 5.74) is 22.5. The monoisotopic (exact) mass is 983 g/mol. The molecule has 2 aliphatic rings. The maximum atomic E-state index is 11.5. The maximum absolute atomic E-state index is 11.5. The Hall–Kier alpha value is -7.58. The van der Waals surface area contributed by atoms with E-state index in [2.05, 4.69) is 161 Å². The van der Waals surface area contributed by atoms with E-state index >= 15 is 0 Å². The minimum atomic E-state index is 0.248. The standard InChI is InChI=1S/C66H70N4O4/c1-41-35-43(3)61(44(4)36-41)65-57-29-25-53(67-57)63(49-21-17-23-51(39-49)73-33-15-11-9-13-19-47(7)71)55-27-31-59(69-55)66(62-45(5)37-42(2)38-46(62)6)60-32-28-56(70-60)64(54-26-30-58(65)68-54)50-22-18-24-52(40-50)74-34-16-12-10-14-20-48(8)72/h17-18,21-32,35-40,67-68H,9-16,19-20,33-34H2,1-8H3. The van der Waals surface area contributed by atoms with E-state index in [1.54, 1.807) is 13.8 Å². The highest BCUT2D eigenvalue weighted by atomic mass is 16.5. The van der Waals surface area contributed by atoms with Crippen molar-refractivity contribution in [2.45, 2.75) is 120 Å². The van der Waals surface area contributed by atoms with Gasteiger partial charge < -0.3 is 29.0 Å². The number of Topliss-reactive ketones (excluding diaryl/α,β-unsaturated/α-hetero) is 2. The van der Waals surface area contributed by atoms with E-state index < -0.39 is 0 Å². The molecule has 0 saturated heterocycles. The van der Waals surface area contributed by atoms with Gasteiger partial charge in [0.1, 0.15) is 23.1 Å². The number of ketones is 2. The van der Waals surface area contributed by atoms with Crippen LogP contribution in [0.3, 0.4) is 0 Å². The number of hydrogen-bond acceptors (Lipinski definition) is 6. The average Bonchev–Trinajstić information content (AvgIpc) is 4.21. The molecule has 0 radical (unpaired) electrons. The third kappa shape index (κ3) is 11.8. The third-order valence-corrected chi connectivity index (χ3v) is 14.2. The molecule has 0 aliphatic carbocycles. The molecule has 74 heavy (non-hydrogen) atoms. The lowest BCUT2D eigenvalue weighted by molar-refractivity contribution is -0.117. The summed E-state index contributed by atoms with van der Waals surface area (Å²) in [5.74, 6) is 2.10. The van der Waals surface area contributed by atoms with E-state index in [1.165, 1.54) is 27.8 Å². The van der Waals surface area contributed by atoms with Crippen LogP contribution in [0.15, 0.2) is 97.1 Å². The first kappa shape index (κ1) is 51.3. The molecule has 0 amide bonds. The summed E-state index contributed by atoms with van der Waals surface area (Å²) in [6, 6.07) is 34.6. The van der Waals surface area contributed by atoms with Gasteiger partial charge in [0.15, 0.2) is 0 Å². The van der Waals surface area contributed by atoms with Crippen molar-refractivity contribution in [3.05, 3.63) is 153 Å². The van der Waals surface area contributed by atoms with Crippen molar-refractivity contribution in [2.75, 3.05) is 13.2 Å².